The van der Waals surface area contributed by atoms with Crippen LogP contribution in [0.1, 0.15) is 46.5 Å². The highest BCUT2D eigenvalue weighted by Crippen LogP contribution is 2.35. The van der Waals surface area contributed by atoms with Gasteiger partial charge in [0.05, 0.1) is 6.61 Å². The molecule has 3 heteroatoms. The Labute approximate surface area is 86.2 Å². The quantitative estimate of drug-likeness (QED) is 0.742. The van der Waals surface area contributed by atoms with Gasteiger partial charge in [-0.25, -0.2) is 4.79 Å². The Balaban J connectivity index is 2.45. The highest BCUT2D eigenvalue weighted by Gasteiger charge is 2.33. The van der Waals surface area contributed by atoms with Gasteiger partial charge in [-0.05, 0) is 25.2 Å². The first kappa shape index (κ1) is 11.3. The summed E-state index contributed by atoms with van der Waals surface area (Å²) in [6.07, 6.45) is 4.47. The summed E-state index contributed by atoms with van der Waals surface area (Å²) in [5.41, 5.74) is 0.213. The van der Waals surface area contributed by atoms with E-state index in [1.807, 2.05) is 6.92 Å². The van der Waals surface area contributed by atoms with Gasteiger partial charge in [0.2, 0.25) is 0 Å². The van der Waals surface area contributed by atoms with Crippen LogP contribution in [0.3, 0.4) is 0 Å². The van der Waals surface area contributed by atoms with E-state index in [1.54, 1.807) is 0 Å². The number of nitrogens with one attached hydrogen (secondary N) is 1. The maximum atomic E-state index is 11.3. The molecule has 1 rings (SSSR count). The lowest BCUT2D eigenvalue weighted by Crippen LogP contribution is -2.46. The van der Waals surface area contributed by atoms with Crippen molar-refractivity contribution >= 4 is 6.09 Å². The van der Waals surface area contributed by atoms with Crippen LogP contribution in [-0.2, 0) is 4.74 Å². The minimum absolute atomic E-state index is 0.213. The van der Waals surface area contributed by atoms with E-state index in [1.165, 1.54) is 19.3 Å². The molecular formula is C11H21NO2. The van der Waals surface area contributed by atoms with Crippen LogP contribution in [0.2, 0.25) is 0 Å². The number of hydrogen-bond acceptors (Lipinski definition) is 2. The van der Waals surface area contributed by atoms with E-state index in [0.29, 0.717) is 6.61 Å². The van der Waals surface area contributed by atoms with E-state index in [2.05, 4.69) is 19.2 Å². The predicted molar refractivity (Wildman–Crippen MR) is 56.2 cm³/mol. The first-order chi connectivity index (χ1) is 6.56. The second-order valence-electron chi connectivity index (χ2n) is 4.65. The van der Waals surface area contributed by atoms with E-state index in [9.17, 15) is 4.79 Å². The van der Waals surface area contributed by atoms with Crippen LogP contribution < -0.4 is 5.32 Å². The Morgan fingerprint density at radius 2 is 2.21 bits per heavy atom. The summed E-state index contributed by atoms with van der Waals surface area (Å²) in [5.74, 6) is 0. The molecule has 1 aliphatic carbocycles. The zero-order valence-corrected chi connectivity index (χ0v) is 9.43. The second-order valence-corrected chi connectivity index (χ2v) is 4.65. The third-order valence-electron chi connectivity index (χ3n) is 3.07. The SMILES string of the molecule is CCOC(=O)NC1CCCCC1(C)C. The lowest BCUT2D eigenvalue weighted by Gasteiger charge is -2.38. The lowest BCUT2D eigenvalue weighted by atomic mass is 9.73. The molecule has 1 amide bonds. The fraction of sp³-hybridized carbons (Fsp3) is 0.909. The van der Waals surface area contributed by atoms with Crippen molar-refractivity contribution in [2.24, 2.45) is 5.41 Å². The van der Waals surface area contributed by atoms with Gasteiger partial charge in [0.1, 0.15) is 0 Å². The van der Waals surface area contributed by atoms with E-state index in [0.717, 1.165) is 6.42 Å². The Morgan fingerprint density at radius 3 is 2.79 bits per heavy atom. The van der Waals surface area contributed by atoms with Crippen molar-refractivity contribution in [3.05, 3.63) is 0 Å². The molecule has 1 N–H and O–H groups in total. The Hall–Kier alpha value is -0.730. The highest BCUT2D eigenvalue weighted by molar-refractivity contribution is 5.67. The maximum Gasteiger partial charge on any atom is 0.407 e. The lowest BCUT2D eigenvalue weighted by molar-refractivity contribution is 0.119. The smallest absolute Gasteiger partial charge is 0.407 e. The van der Waals surface area contributed by atoms with Crippen LogP contribution >= 0.6 is 0 Å². The number of alkyl carbamates (subject to hydrolysis) is 1. The van der Waals surface area contributed by atoms with Crippen LogP contribution in [0.4, 0.5) is 4.79 Å². The highest BCUT2D eigenvalue weighted by atomic mass is 16.5. The van der Waals surface area contributed by atoms with E-state index in [-0.39, 0.29) is 17.6 Å². The Morgan fingerprint density at radius 1 is 1.50 bits per heavy atom. The summed E-state index contributed by atoms with van der Waals surface area (Å²) in [6.45, 7) is 6.69. The standard InChI is InChI=1S/C11H21NO2/c1-4-14-10(13)12-9-7-5-6-8-11(9,2)3/h9H,4-8H2,1-3H3,(H,12,13). The molecule has 0 heterocycles. The van der Waals surface area contributed by atoms with Crippen molar-refractivity contribution in [3.63, 3.8) is 0 Å². The molecule has 0 bridgehead atoms. The minimum Gasteiger partial charge on any atom is -0.450 e. The van der Waals surface area contributed by atoms with Gasteiger partial charge in [0, 0.05) is 6.04 Å². The van der Waals surface area contributed by atoms with Crippen molar-refractivity contribution < 1.29 is 9.53 Å². The van der Waals surface area contributed by atoms with Crippen LogP contribution in [0.15, 0.2) is 0 Å². The zero-order chi connectivity index (χ0) is 10.6. The molecule has 0 spiro atoms. The fourth-order valence-corrected chi connectivity index (χ4v) is 2.08. The molecule has 1 fully saturated rings. The number of carbonyl (C=O) groups excluding carboxylic acids is 1. The molecule has 1 atom stereocenters. The molecule has 0 radical (unpaired) electrons. The van der Waals surface area contributed by atoms with Gasteiger partial charge in [-0.1, -0.05) is 26.7 Å². The van der Waals surface area contributed by atoms with Crippen molar-refractivity contribution in [1.82, 2.24) is 5.32 Å². The summed E-state index contributed by atoms with van der Waals surface area (Å²) in [6, 6.07) is 0.273. The molecule has 3 nitrogen and oxygen atoms in total. The van der Waals surface area contributed by atoms with Crippen molar-refractivity contribution in [3.8, 4) is 0 Å². The summed E-state index contributed by atoms with van der Waals surface area (Å²) in [4.78, 5) is 11.3. The summed E-state index contributed by atoms with van der Waals surface area (Å²) in [7, 11) is 0. The van der Waals surface area contributed by atoms with Crippen LogP contribution in [0.5, 0.6) is 0 Å². The first-order valence-corrected chi connectivity index (χ1v) is 5.49. The molecule has 0 aliphatic heterocycles. The first-order valence-electron chi connectivity index (χ1n) is 5.49. The number of amides is 1. The molecule has 1 aliphatic rings. The van der Waals surface area contributed by atoms with Crippen LogP contribution in [-0.4, -0.2) is 18.7 Å². The van der Waals surface area contributed by atoms with Crippen LogP contribution in [0.25, 0.3) is 0 Å². The van der Waals surface area contributed by atoms with Gasteiger partial charge in [-0.2, -0.15) is 0 Å². The summed E-state index contributed by atoms with van der Waals surface area (Å²) >= 11 is 0. The second kappa shape index (κ2) is 4.67. The predicted octanol–water partition coefficient (Wildman–Crippen LogP) is 2.70. The monoisotopic (exact) mass is 199 g/mol. The van der Waals surface area contributed by atoms with Gasteiger partial charge in [0.15, 0.2) is 0 Å². The Bertz CT molecular complexity index is 201. The van der Waals surface area contributed by atoms with Crippen molar-refractivity contribution in [2.75, 3.05) is 6.61 Å². The molecule has 1 saturated carbocycles. The number of carbonyl (C=O) groups is 1. The minimum atomic E-state index is -0.271. The normalized spacial score (nSPS) is 25.5. The average Bonchev–Trinajstić information content (AvgIpc) is 2.09. The number of rotatable bonds is 2. The molecule has 82 valence electrons. The van der Waals surface area contributed by atoms with E-state index >= 15 is 0 Å². The third kappa shape index (κ3) is 2.89. The molecular weight excluding hydrogens is 178 g/mol. The third-order valence-corrected chi connectivity index (χ3v) is 3.07. The van der Waals surface area contributed by atoms with Gasteiger partial charge in [0.25, 0.3) is 0 Å². The van der Waals surface area contributed by atoms with E-state index in [4.69, 9.17) is 4.74 Å². The van der Waals surface area contributed by atoms with Crippen molar-refractivity contribution in [1.29, 1.82) is 0 Å². The van der Waals surface area contributed by atoms with Crippen molar-refractivity contribution in [2.45, 2.75) is 52.5 Å². The van der Waals surface area contributed by atoms with Gasteiger partial charge in [-0.3, -0.25) is 0 Å². The topological polar surface area (TPSA) is 38.3 Å². The largest absolute Gasteiger partial charge is 0.450 e. The zero-order valence-electron chi connectivity index (χ0n) is 9.43. The van der Waals surface area contributed by atoms with Crippen LogP contribution in [0, 0.1) is 5.41 Å². The van der Waals surface area contributed by atoms with E-state index < -0.39 is 0 Å². The van der Waals surface area contributed by atoms with Gasteiger partial charge in [-0.15, -0.1) is 0 Å². The molecule has 14 heavy (non-hydrogen) atoms. The fourth-order valence-electron chi connectivity index (χ4n) is 2.08. The summed E-state index contributed by atoms with van der Waals surface area (Å²) < 4.78 is 4.89. The number of ether oxygens (including phenoxy) is 1. The Kier molecular flexibility index (Phi) is 3.78. The molecule has 0 aromatic rings. The van der Waals surface area contributed by atoms with Gasteiger partial charge < -0.3 is 10.1 Å². The average molecular weight is 199 g/mol. The summed E-state index contributed by atoms with van der Waals surface area (Å²) in [5, 5.41) is 2.95. The molecule has 0 aromatic heterocycles. The number of hydrogen-bond donors (Lipinski definition) is 1. The molecule has 1 unspecified atom stereocenters. The van der Waals surface area contributed by atoms with Gasteiger partial charge >= 0.3 is 6.09 Å². The molecule has 0 saturated heterocycles. The molecule has 0 aromatic carbocycles. The maximum absolute atomic E-state index is 11.3.